The van der Waals surface area contributed by atoms with Crippen molar-refractivity contribution in [3.8, 4) is 10.4 Å². The predicted molar refractivity (Wildman–Crippen MR) is 158 cm³/mol. The molecule has 0 saturated carbocycles. The third kappa shape index (κ3) is 5.21. The van der Waals surface area contributed by atoms with E-state index in [1.54, 1.807) is 11.3 Å². The average Bonchev–Trinajstić information content (AvgIpc) is 3.32. The topological polar surface area (TPSA) is 60.8 Å². The number of nitrogens with zero attached hydrogens (tertiary/aromatic N) is 4. The average molecular weight is 530 g/mol. The number of fused-ring (bicyclic) bond motifs is 1. The number of amides is 1. The maximum Gasteiger partial charge on any atom is 0.229 e. The maximum atomic E-state index is 13.9. The van der Waals surface area contributed by atoms with Gasteiger partial charge >= 0.3 is 0 Å². The lowest BCUT2D eigenvalue weighted by Gasteiger charge is -2.47. The van der Waals surface area contributed by atoms with Gasteiger partial charge in [-0.25, -0.2) is 9.98 Å². The normalized spacial score (nSPS) is 18.3. The highest BCUT2D eigenvalue weighted by atomic mass is 32.1. The van der Waals surface area contributed by atoms with Crippen LogP contribution < -0.4 is 5.32 Å². The van der Waals surface area contributed by atoms with Crippen LogP contribution in [0, 0.1) is 19.3 Å². The molecule has 2 aromatic carbocycles. The number of aromatic nitrogens is 1. The number of anilines is 1. The van der Waals surface area contributed by atoms with E-state index in [9.17, 15) is 4.79 Å². The lowest BCUT2D eigenvalue weighted by Crippen LogP contribution is -2.54. The molecule has 0 aliphatic carbocycles. The summed E-state index contributed by atoms with van der Waals surface area (Å²) >= 11 is 1.73. The van der Waals surface area contributed by atoms with Crippen LogP contribution in [-0.4, -0.2) is 52.7 Å². The number of piperidine rings is 2. The molecule has 3 aliphatic heterocycles. The number of nitrogens with one attached hydrogen (secondary N) is 1. The Labute approximate surface area is 230 Å². The molecule has 2 fully saturated rings. The zero-order valence-corrected chi connectivity index (χ0v) is 23.9. The van der Waals surface area contributed by atoms with Crippen molar-refractivity contribution in [2.75, 3.05) is 31.5 Å². The van der Waals surface area contributed by atoms with Crippen molar-refractivity contribution in [3.05, 3.63) is 64.8 Å². The highest BCUT2D eigenvalue weighted by molar-refractivity contribution is 7.15. The Kier molecular flexibility index (Phi) is 7.84. The van der Waals surface area contributed by atoms with Crippen LogP contribution in [0.1, 0.15) is 55.8 Å². The van der Waals surface area contributed by atoms with Gasteiger partial charge in [0.1, 0.15) is 5.84 Å². The van der Waals surface area contributed by atoms with E-state index >= 15 is 0 Å². The fourth-order valence-electron chi connectivity index (χ4n) is 5.99. The van der Waals surface area contributed by atoms with E-state index in [1.165, 1.54) is 16.0 Å². The lowest BCUT2D eigenvalue weighted by atomic mass is 9.71. The molecule has 0 radical (unpaired) electrons. The van der Waals surface area contributed by atoms with Gasteiger partial charge in [-0.1, -0.05) is 55.8 Å². The first-order chi connectivity index (χ1) is 18.5. The monoisotopic (exact) mass is 529 g/mol. The number of amidine groups is 1. The van der Waals surface area contributed by atoms with Gasteiger partial charge < -0.3 is 15.1 Å². The highest BCUT2D eigenvalue weighted by Gasteiger charge is 2.46. The summed E-state index contributed by atoms with van der Waals surface area (Å²) in [6.07, 6.45) is 3.84. The summed E-state index contributed by atoms with van der Waals surface area (Å²) < 4.78 is 0. The summed E-state index contributed by atoms with van der Waals surface area (Å²) in [5.41, 5.74) is 5.32. The summed E-state index contributed by atoms with van der Waals surface area (Å²) in [5.74, 6) is 1.41. The Hall–Kier alpha value is -3.19. The molecule has 0 atom stereocenters. The molecule has 38 heavy (non-hydrogen) atoms. The van der Waals surface area contributed by atoms with Gasteiger partial charge in [0.05, 0.1) is 45.5 Å². The molecule has 6 nitrogen and oxygen atoms in total. The zero-order chi connectivity index (χ0) is 26.7. The smallest absolute Gasteiger partial charge is 0.229 e. The van der Waals surface area contributed by atoms with E-state index in [1.807, 2.05) is 26.0 Å². The number of hydrogen-bond donors (Lipinski definition) is 1. The van der Waals surface area contributed by atoms with Gasteiger partial charge in [-0.3, -0.25) is 4.79 Å². The molecular weight excluding hydrogens is 490 g/mol. The van der Waals surface area contributed by atoms with Crippen molar-refractivity contribution in [1.29, 1.82) is 0 Å². The maximum absolute atomic E-state index is 13.9. The SMILES string of the molecule is CC.Cc1cccc(-c2sc(C)nc2CN2CCCC3(CCN(C4=Nc5ccccc5NC4)CC3)C2=O)c1. The Bertz CT molecular complexity index is 1320. The van der Waals surface area contributed by atoms with Gasteiger partial charge in [-0.05, 0) is 57.2 Å². The second-order valence-electron chi connectivity index (χ2n) is 10.4. The minimum Gasteiger partial charge on any atom is -0.376 e. The summed E-state index contributed by atoms with van der Waals surface area (Å²) in [7, 11) is 0. The zero-order valence-electron chi connectivity index (χ0n) is 23.1. The van der Waals surface area contributed by atoms with E-state index in [-0.39, 0.29) is 5.41 Å². The Morgan fingerprint density at radius 3 is 2.58 bits per heavy atom. The molecule has 1 N–H and O–H groups in total. The number of benzene rings is 2. The number of likely N-dealkylation sites (tertiary alicyclic amines) is 2. The van der Waals surface area contributed by atoms with Crippen molar-refractivity contribution >= 4 is 34.5 Å². The minimum atomic E-state index is -0.246. The molecule has 6 rings (SSSR count). The van der Waals surface area contributed by atoms with E-state index < -0.39 is 0 Å². The predicted octanol–water partition coefficient (Wildman–Crippen LogP) is 6.81. The van der Waals surface area contributed by atoms with Crippen molar-refractivity contribution in [2.45, 2.75) is 59.9 Å². The number of carbonyl (C=O) groups excluding carboxylic acids is 1. The van der Waals surface area contributed by atoms with Gasteiger partial charge in [0.15, 0.2) is 0 Å². The number of para-hydroxylation sites is 2. The van der Waals surface area contributed by atoms with Crippen LogP contribution in [0.4, 0.5) is 11.4 Å². The Balaban J connectivity index is 0.00000144. The number of carbonyl (C=O) groups is 1. The fourth-order valence-corrected chi connectivity index (χ4v) is 6.91. The molecular formula is C31H39N5OS. The third-order valence-corrected chi connectivity index (χ3v) is 8.99. The standard InChI is InChI=1S/C29H33N5OS.C2H6/c1-20-7-5-8-22(17-20)27-25(31-21(2)36-27)19-34-14-6-11-29(28(34)35)12-15-33(16-13-29)26-18-30-23-9-3-4-10-24(23)32-26;1-2/h3-5,7-10,17,30H,6,11-16,18-19H2,1-2H3;1-2H3. The molecule has 200 valence electrons. The van der Waals surface area contributed by atoms with Crippen LogP contribution in [0.3, 0.4) is 0 Å². The second kappa shape index (κ2) is 11.3. The molecule has 1 aromatic heterocycles. The molecule has 1 amide bonds. The van der Waals surface area contributed by atoms with E-state index in [0.717, 1.165) is 79.8 Å². The quantitative estimate of drug-likeness (QED) is 0.405. The third-order valence-electron chi connectivity index (χ3n) is 7.93. The largest absolute Gasteiger partial charge is 0.376 e. The molecule has 1 spiro atoms. The second-order valence-corrected chi connectivity index (χ2v) is 11.6. The van der Waals surface area contributed by atoms with Crippen molar-refractivity contribution in [3.63, 3.8) is 0 Å². The van der Waals surface area contributed by atoms with E-state index in [4.69, 9.17) is 9.98 Å². The molecule has 3 aliphatic rings. The van der Waals surface area contributed by atoms with Crippen molar-refractivity contribution in [2.24, 2.45) is 10.4 Å². The van der Waals surface area contributed by atoms with E-state index in [0.29, 0.717) is 12.5 Å². The Morgan fingerprint density at radius 2 is 1.79 bits per heavy atom. The van der Waals surface area contributed by atoms with Crippen LogP contribution in [0.5, 0.6) is 0 Å². The summed E-state index contributed by atoms with van der Waals surface area (Å²) in [5, 5.41) is 4.55. The Morgan fingerprint density at radius 1 is 1.00 bits per heavy atom. The lowest BCUT2D eigenvalue weighted by molar-refractivity contribution is -0.150. The van der Waals surface area contributed by atoms with Crippen LogP contribution >= 0.6 is 11.3 Å². The number of rotatable bonds is 3. The number of aryl methyl sites for hydroxylation is 2. The fraction of sp³-hybridized carbons (Fsp3) is 0.452. The first kappa shape index (κ1) is 26.4. The van der Waals surface area contributed by atoms with E-state index in [2.05, 4.69) is 65.4 Å². The molecule has 2 saturated heterocycles. The van der Waals surface area contributed by atoms with Crippen molar-refractivity contribution in [1.82, 2.24) is 14.8 Å². The molecule has 0 bridgehead atoms. The van der Waals surface area contributed by atoms with Crippen molar-refractivity contribution < 1.29 is 4.79 Å². The van der Waals surface area contributed by atoms with Gasteiger partial charge in [-0.2, -0.15) is 0 Å². The molecule has 3 aromatic rings. The first-order valence-corrected chi connectivity index (χ1v) is 14.8. The summed E-state index contributed by atoms with van der Waals surface area (Å²) in [6.45, 7) is 12.1. The minimum absolute atomic E-state index is 0.246. The first-order valence-electron chi connectivity index (χ1n) is 14.0. The van der Waals surface area contributed by atoms with Gasteiger partial charge in [-0.15, -0.1) is 11.3 Å². The number of thiazole rings is 1. The molecule has 4 heterocycles. The van der Waals surface area contributed by atoms with Gasteiger partial charge in [0.2, 0.25) is 5.91 Å². The van der Waals surface area contributed by atoms with Gasteiger partial charge in [0.25, 0.3) is 0 Å². The summed E-state index contributed by atoms with van der Waals surface area (Å²) in [4.78, 5) is 29.3. The molecule has 7 heteroatoms. The number of aliphatic imine (C=N–C) groups is 1. The van der Waals surface area contributed by atoms with Crippen LogP contribution in [-0.2, 0) is 11.3 Å². The van der Waals surface area contributed by atoms with Gasteiger partial charge in [0, 0.05) is 19.6 Å². The summed E-state index contributed by atoms with van der Waals surface area (Å²) in [6, 6.07) is 16.8. The van der Waals surface area contributed by atoms with Crippen LogP contribution in [0.2, 0.25) is 0 Å². The van der Waals surface area contributed by atoms with Crippen LogP contribution in [0.15, 0.2) is 53.5 Å². The molecule has 0 unspecified atom stereocenters. The highest BCUT2D eigenvalue weighted by Crippen LogP contribution is 2.42. The van der Waals surface area contributed by atoms with Crippen LogP contribution in [0.25, 0.3) is 10.4 Å². The number of hydrogen-bond acceptors (Lipinski definition) is 6.